The first kappa shape index (κ1) is 32.0. The molecule has 43 heavy (non-hydrogen) atoms. The van der Waals surface area contributed by atoms with E-state index in [0.29, 0.717) is 32.8 Å². The molecule has 0 saturated carbocycles. The molecule has 228 valence electrons. The Bertz CT molecular complexity index is 1480. The minimum absolute atomic E-state index is 0.271. The summed E-state index contributed by atoms with van der Waals surface area (Å²) in [6, 6.07) is 22.1. The second-order valence-electron chi connectivity index (χ2n) is 10.4. The van der Waals surface area contributed by atoms with Gasteiger partial charge in [0.25, 0.3) is 0 Å². The zero-order chi connectivity index (χ0) is 30.6. The van der Waals surface area contributed by atoms with E-state index in [1.807, 2.05) is 54.6 Å². The molecule has 0 aliphatic carbocycles. The van der Waals surface area contributed by atoms with Gasteiger partial charge in [-0.2, -0.15) is 0 Å². The van der Waals surface area contributed by atoms with Crippen LogP contribution in [-0.2, 0) is 28.9 Å². The zero-order valence-corrected chi connectivity index (χ0v) is 26.3. The minimum Gasteiger partial charge on any atom is -0.468 e. The fourth-order valence-corrected chi connectivity index (χ4v) is 5.32. The van der Waals surface area contributed by atoms with Crippen LogP contribution in [0.3, 0.4) is 0 Å². The third kappa shape index (κ3) is 8.81. The molecule has 4 aromatic rings. The number of halogens is 1. The van der Waals surface area contributed by atoms with Crippen molar-refractivity contribution in [2.24, 2.45) is 0 Å². The molecule has 1 saturated heterocycles. The van der Waals surface area contributed by atoms with E-state index in [1.54, 1.807) is 12.0 Å². The van der Waals surface area contributed by atoms with Crippen molar-refractivity contribution in [1.82, 2.24) is 14.9 Å². The van der Waals surface area contributed by atoms with E-state index in [4.69, 9.17) is 25.8 Å². The lowest BCUT2D eigenvalue weighted by molar-refractivity contribution is 0.0512. The summed E-state index contributed by atoms with van der Waals surface area (Å²) in [6.07, 6.45) is 2.51. The normalized spacial score (nSPS) is 13.0. The number of amides is 1. The number of hydrogen-bond acceptors (Lipinski definition) is 7. The number of piperazine rings is 1. The number of rotatable bonds is 9. The summed E-state index contributed by atoms with van der Waals surface area (Å²) in [6.45, 7) is 9.51. The quantitative estimate of drug-likeness (QED) is 0.147. The number of anilines is 1. The third-order valence-electron chi connectivity index (χ3n) is 7.31. The molecule has 0 radical (unpaired) electrons. The standard InChI is InChI=1S/C21H27ClN4O2.C13H14O2/c1-3-8-17-18(4-2)23-20(22)24-19(17)25-11-13-26(14-12-25)21(27)28-15-16-9-6-5-7-10-16;1-10-7-12(15-9-14-2)8-11-5-3-4-6-13(10)11/h5-7,9-10H,3-4,8,11-15H2,1-2H3;3-8H,9H2,1-2H3. The second-order valence-corrected chi connectivity index (χ2v) is 10.7. The summed E-state index contributed by atoms with van der Waals surface area (Å²) in [4.78, 5) is 25.3. The molecule has 0 unspecified atom stereocenters. The first-order valence-electron chi connectivity index (χ1n) is 14.8. The van der Waals surface area contributed by atoms with Crippen LogP contribution in [0.2, 0.25) is 5.28 Å². The molecule has 0 atom stereocenters. The SMILES string of the molecule is CCCc1c(CC)nc(Cl)nc1N1CCN(C(=O)OCc2ccccc2)CC1.COCOc1cc(C)c2ccccc2c1. The number of fused-ring (bicyclic) bond motifs is 1. The lowest BCUT2D eigenvalue weighted by Gasteiger charge is -2.36. The number of aryl methyl sites for hydroxylation is 2. The Labute approximate surface area is 259 Å². The van der Waals surface area contributed by atoms with Crippen LogP contribution in [0.4, 0.5) is 10.6 Å². The van der Waals surface area contributed by atoms with E-state index < -0.39 is 0 Å². The molecule has 3 aromatic carbocycles. The number of benzene rings is 3. The molecule has 9 heteroatoms. The first-order valence-corrected chi connectivity index (χ1v) is 15.2. The Balaban J connectivity index is 0.000000237. The van der Waals surface area contributed by atoms with Gasteiger partial charge in [-0.1, -0.05) is 74.9 Å². The van der Waals surface area contributed by atoms with Crippen LogP contribution in [-0.4, -0.2) is 61.0 Å². The summed E-state index contributed by atoms with van der Waals surface area (Å²) >= 11 is 6.17. The Kier molecular flexibility index (Phi) is 12.0. The maximum atomic E-state index is 12.4. The van der Waals surface area contributed by atoms with Gasteiger partial charge in [0.15, 0.2) is 6.79 Å². The third-order valence-corrected chi connectivity index (χ3v) is 7.48. The number of hydrogen-bond donors (Lipinski definition) is 0. The topological polar surface area (TPSA) is 77.0 Å². The summed E-state index contributed by atoms with van der Waals surface area (Å²) in [7, 11) is 1.62. The molecule has 0 N–H and O–H groups in total. The molecule has 0 spiro atoms. The molecule has 8 nitrogen and oxygen atoms in total. The first-order chi connectivity index (χ1) is 20.9. The molecule has 0 bridgehead atoms. The van der Waals surface area contributed by atoms with Crippen molar-refractivity contribution in [3.63, 3.8) is 0 Å². The Morgan fingerprint density at radius 2 is 1.67 bits per heavy atom. The van der Waals surface area contributed by atoms with Crippen molar-refractivity contribution in [3.8, 4) is 5.75 Å². The van der Waals surface area contributed by atoms with Crippen LogP contribution in [0.1, 0.15) is 42.7 Å². The van der Waals surface area contributed by atoms with Gasteiger partial charge in [-0.15, -0.1) is 0 Å². The summed E-state index contributed by atoms with van der Waals surface area (Å²) in [5.41, 5.74) is 4.40. The highest BCUT2D eigenvalue weighted by molar-refractivity contribution is 6.28. The predicted molar refractivity (Wildman–Crippen MR) is 172 cm³/mol. The number of aromatic nitrogens is 2. The number of nitrogens with zero attached hydrogens (tertiary/aromatic N) is 4. The number of ether oxygens (including phenoxy) is 3. The number of carbonyl (C=O) groups excluding carboxylic acids is 1. The van der Waals surface area contributed by atoms with Gasteiger partial charge >= 0.3 is 6.09 Å². The van der Waals surface area contributed by atoms with Crippen LogP contribution in [0.5, 0.6) is 5.75 Å². The van der Waals surface area contributed by atoms with Gasteiger partial charge in [0.1, 0.15) is 18.2 Å². The Hall–Kier alpha value is -3.88. The van der Waals surface area contributed by atoms with Crippen molar-refractivity contribution in [2.45, 2.75) is 46.6 Å². The van der Waals surface area contributed by atoms with Gasteiger partial charge in [0.2, 0.25) is 5.28 Å². The summed E-state index contributed by atoms with van der Waals surface area (Å²) in [5.74, 6) is 1.77. The predicted octanol–water partition coefficient (Wildman–Crippen LogP) is 7.23. The van der Waals surface area contributed by atoms with Gasteiger partial charge < -0.3 is 24.0 Å². The van der Waals surface area contributed by atoms with Crippen molar-refractivity contribution in [2.75, 3.05) is 45.0 Å². The van der Waals surface area contributed by atoms with Crippen LogP contribution in [0.15, 0.2) is 66.7 Å². The molecule has 2 heterocycles. The van der Waals surface area contributed by atoms with Crippen molar-refractivity contribution in [3.05, 3.63) is 94.4 Å². The molecule has 5 rings (SSSR count). The molecular formula is C34H41ClN4O4. The van der Waals surface area contributed by atoms with E-state index in [-0.39, 0.29) is 18.2 Å². The van der Waals surface area contributed by atoms with Gasteiger partial charge in [-0.05, 0) is 65.4 Å². The van der Waals surface area contributed by atoms with E-state index in [2.05, 4.69) is 47.8 Å². The van der Waals surface area contributed by atoms with Crippen LogP contribution in [0.25, 0.3) is 10.8 Å². The number of carbonyl (C=O) groups is 1. The number of methoxy groups -OCH3 is 1. The maximum absolute atomic E-state index is 12.4. The van der Waals surface area contributed by atoms with Crippen LogP contribution < -0.4 is 9.64 Å². The van der Waals surface area contributed by atoms with Gasteiger partial charge in [-0.25, -0.2) is 14.8 Å². The lowest BCUT2D eigenvalue weighted by atomic mass is 10.1. The van der Waals surface area contributed by atoms with Crippen LogP contribution >= 0.6 is 11.6 Å². The lowest BCUT2D eigenvalue weighted by Crippen LogP contribution is -2.49. The minimum atomic E-state index is -0.271. The largest absolute Gasteiger partial charge is 0.468 e. The molecular weight excluding hydrogens is 564 g/mol. The molecule has 1 fully saturated rings. The Morgan fingerprint density at radius 1 is 0.953 bits per heavy atom. The van der Waals surface area contributed by atoms with Crippen molar-refractivity contribution in [1.29, 1.82) is 0 Å². The van der Waals surface area contributed by atoms with Crippen molar-refractivity contribution < 1.29 is 19.0 Å². The highest BCUT2D eigenvalue weighted by Gasteiger charge is 2.25. The molecule has 1 aliphatic rings. The van der Waals surface area contributed by atoms with Crippen molar-refractivity contribution >= 4 is 34.3 Å². The fourth-order valence-electron chi connectivity index (χ4n) is 5.14. The highest BCUT2D eigenvalue weighted by Crippen LogP contribution is 2.27. The summed E-state index contributed by atoms with van der Waals surface area (Å²) < 4.78 is 15.7. The summed E-state index contributed by atoms with van der Waals surface area (Å²) in [5, 5.41) is 2.75. The molecule has 1 amide bonds. The van der Waals surface area contributed by atoms with E-state index in [0.717, 1.165) is 42.1 Å². The zero-order valence-electron chi connectivity index (χ0n) is 25.5. The molecule has 1 aliphatic heterocycles. The van der Waals surface area contributed by atoms with E-state index in [9.17, 15) is 4.79 Å². The fraction of sp³-hybridized carbons (Fsp3) is 0.382. The van der Waals surface area contributed by atoms with E-state index in [1.165, 1.54) is 21.9 Å². The van der Waals surface area contributed by atoms with Gasteiger partial charge in [0.05, 0.1) is 5.69 Å². The Morgan fingerprint density at radius 3 is 2.37 bits per heavy atom. The average molecular weight is 605 g/mol. The second kappa shape index (κ2) is 16.1. The average Bonchev–Trinajstić information content (AvgIpc) is 3.04. The van der Waals surface area contributed by atoms with Gasteiger partial charge in [0, 0.05) is 38.9 Å². The monoisotopic (exact) mass is 604 g/mol. The van der Waals surface area contributed by atoms with E-state index >= 15 is 0 Å². The highest BCUT2D eigenvalue weighted by atomic mass is 35.5. The van der Waals surface area contributed by atoms with Crippen LogP contribution in [0, 0.1) is 6.92 Å². The van der Waals surface area contributed by atoms with Gasteiger partial charge in [-0.3, -0.25) is 0 Å². The molecule has 1 aromatic heterocycles. The smallest absolute Gasteiger partial charge is 0.410 e. The maximum Gasteiger partial charge on any atom is 0.410 e.